The summed E-state index contributed by atoms with van der Waals surface area (Å²) in [6.45, 7) is 0.454. The van der Waals surface area contributed by atoms with Crippen molar-refractivity contribution in [2.75, 3.05) is 23.7 Å². The fourth-order valence-corrected chi connectivity index (χ4v) is 2.07. The number of hydrogen-bond donors (Lipinski definition) is 1. The molecule has 1 aromatic rings. The Bertz CT molecular complexity index is 570. The summed E-state index contributed by atoms with van der Waals surface area (Å²) >= 11 is 0. The SMILES string of the molecule is [N-]=[N+]=NCC1CC(=O)N(c2cc(F)c(F)cc2N)C1. The van der Waals surface area contributed by atoms with Crippen molar-refractivity contribution in [2.24, 2.45) is 11.0 Å². The number of carbonyl (C=O) groups excluding carboxylic acids is 1. The third-order valence-electron chi connectivity index (χ3n) is 2.97. The topological polar surface area (TPSA) is 95.1 Å². The second kappa shape index (κ2) is 5.11. The van der Waals surface area contributed by atoms with E-state index in [4.69, 9.17) is 11.3 Å². The number of rotatable bonds is 3. The molecule has 0 spiro atoms. The average molecular weight is 267 g/mol. The van der Waals surface area contributed by atoms with Crippen LogP contribution in [-0.2, 0) is 4.79 Å². The van der Waals surface area contributed by atoms with Crippen molar-refractivity contribution in [1.29, 1.82) is 0 Å². The first-order chi connectivity index (χ1) is 9.02. The molecule has 1 amide bonds. The Kier molecular flexibility index (Phi) is 3.52. The third kappa shape index (κ3) is 2.58. The van der Waals surface area contributed by atoms with E-state index in [1.807, 2.05) is 0 Å². The lowest BCUT2D eigenvalue weighted by molar-refractivity contribution is -0.117. The van der Waals surface area contributed by atoms with E-state index in [1.165, 1.54) is 4.90 Å². The van der Waals surface area contributed by atoms with Gasteiger partial charge in [-0.15, -0.1) is 0 Å². The number of hydrogen-bond acceptors (Lipinski definition) is 3. The molecule has 1 heterocycles. The fourth-order valence-electron chi connectivity index (χ4n) is 2.07. The van der Waals surface area contributed by atoms with Gasteiger partial charge in [0.2, 0.25) is 5.91 Å². The molecular weight excluding hydrogens is 256 g/mol. The van der Waals surface area contributed by atoms with Gasteiger partial charge >= 0.3 is 0 Å². The Morgan fingerprint density at radius 1 is 1.47 bits per heavy atom. The maximum Gasteiger partial charge on any atom is 0.227 e. The molecule has 0 aliphatic carbocycles. The number of nitrogen functional groups attached to an aromatic ring is 1. The van der Waals surface area contributed by atoms with E-state index in [9.17, 15) is 13.6 Å². The van der Waals surface area contributed by atoms with Gasteiger partial charge in [-0.25, -0.2) is 8.78 Å². The van der Waals surface area contributed by atoms with Crippen LogP contribution in [0.25, 0.3) is 10.4 Å². The minimum absolute atomic E-state index is 0.00307. The predicted molar refractivity (Wildman–Crippen MR) is 65.2 cm³/mol. The predicted octanol–water partition coefficient (Wildman–Crippen LogP) is 2.21. The third-order valence-corrected chi connectivity index (χ3v) is 2.97. The molecule has 2 N–H and O–H groups in total. The van der Waals surface area contributed by atoms with Crippen molar-refractivity contribution in [3.05, 3.63) is 34.2 Å². The summed E-state index contributed by atoms with van der Waals surface area (Å²) in [6, 6.07) is 1.75. The first-order valence-corrected chi connectivity index (χ1v) is 5.58. The molecule has 1 aliphatic heterocycles. The first-order valence-electron chi connectivity index (χ1n) is 5.58. The number of carbonyl (C=O) groups is 1. The highest BCUT2D eigenvalue weighted by Crippen LogP contribution is 2.31. The van der Waals surface area contributed by atoms with Crippen molar-refractivity contribution in [3.8, 4) is 0 Å². The molecule has 1 unspecified atom stereocenters. The largest absolute Gasteiger partial charge is 0.397 e. The number of anilines is 2. The van der Waals surface area contributed by atoms with Crippen LogP contribution in [0.5, 0.6) is 0 Å². The number of nitrogens with zero attached hydrogens (tertiary/aromatic N) is 4. The second-order valence-corrected chi connectivity index (χ2v) is 4.31. The van der Waals surface area contributed by atoms with Crippen LogP contribution < -0.4 is 10.6 Å². The lowest BCUT2D eigenvalue weighted by Gasteiger charge is -2.18. The maximum atomic E-state index is 13.2. The number of azide groups is 1. The number of benzene rings is 1. The van der Waals surface area contributed by atoms with Crippen molar-refractivity contribution >= 4 is 17.3 Å². The highest BCUT2D eigenvalue weighted by Gasteiger charge is 2.31. The summed E-state index contributed by atoms with van der Waals surface area (Å²) in [7, 11) is 0. The number of halogens is 2. The molecule has 8 heteroatoms. The number of amides is 1. The quantitative estimate of drug-likeness (QED) is 0.393. The van der Waals surface area contributed by atoms with Gasteiger partial charge in [-0.1, -0.05) is 5.11 Å². The van der Waals surface area contributed by atoms with Crippen LogP contribution in [0.3, 0.4) is 0 Å². The lowest BCUT2D eigenvalue weighted by Crippen LogP contribution is -2.26. The Morgan fingerprint density at radius 2 is 2.16 bits per heavy atom. The zero-order valence-electron chi connectivity index (χ0n) is 9.88. The van der Waals surface area contributed by atoms with Gasteiger partial charge in [0.15, 0.2) is 11.6 Å². The van der Waals surface area contributed by atoms with Gasteiger partial charge in [0.05, 0.1) is 11.4 Å². The average Bonchev–Trinajstić information content (AvgIpc) is 2.72. The van der Waals surface area contributed by atoms with E-state index < -0.39 is 11.6 Å². The van der Waals surface area contributed by atoms with Crippen molar-refractivity contribution in [2.45, 2.75) is 6.42 Å². The van der Waals surface area contributed by atoms with Crippen LogP contribution >= 0.6 is 0 Å². The molecule has 2 rings (SSSR count). The normalized spacial score (nSPS) is 18.5. The van der Waals surface area contributed by atoms with E-state index in [2.05, 4.69) is 10.0 Å². The molecule has 6 nitrogen and oxygen atoms in total. The Hall–Kier alpha value is -2.34. The van der Waals surface area contributed by atoms with Crippen molar-refractivity contribution in [1.82, 2.24) is 0 Å². The van der Waals surface area contributed by atoms with Gasteiger partial charge in [-0.05, 0) is 11.4 Å². The molecule has 0 saturated carbocycles. The second-order valence-electron chi connectivity index (χ2n) is 4.31. The Balaban J connectivity index is 2.25. The zero-order chi connectivity index (χ0) is 14.0. The van der Waals surface area contributed by atoms with Crippen LogP contribution in [0.1, 0.15) is 6.42 Å². The maximum absolute atomic E-state index is 13.2. The summed E-state index contributed by atoms with van der Waals surface area (Å²) in [5.74, 6) is -2.51. The monoisotopic (exact) mass is 267 g/mol. The standard InChI is InChI=1S/C11H11F2N5O/c12-7-2-9(14)10(3-8(7)13)18-5-6(1-11(18)19)4-16-17-15/h2-3,6H,1,4-5,14H2. The molecular formula is C11H11F2N5O. The molecule has 1 saturated heterocycles. The van der Waals surface area contributed by atoms with E-state index in [0.29, 0.717) is 0 Å². The molecule has 19 heavy (non-hydrogen) atoms. The van der Waals surface area contributed by atoms with Crippen LogP contribution in [-0.4, -0.2) is 19.0 Å². The Labute approximate surface area is 107 Å². The first kappa shape index (κ1) is 13.1. The molecule has 1 atom stereocenters. The van der Waals surface area contributed by atoms with Gasteiger partial charge in [0.1, 0.15) is 0 Å². The van der Waals surface area contributed by atoms with Crippen LogP contribution in [0, 0.1) is 17.6 Å². The smallest absolute Gasteiger partial charge is 0.227 e. The van der Waals surface area contributed by atoms with Crippen LogP contribution in [0.2, 0.25) is 0 Å². The highest BCUT2D eigenvalue weighted by molar-refractivity contribution is 5.98. The molecule has 100 valence electrons. The van der Waals surface area contributed by atoms with Crippen LogP contribution in [0.4, 0.5) is 20.2 Å². The highest BCUT2D eigenvalue weighted by atomic mass is 19.2. The van der Waals surface area contributed by atoms with E-state index >= 15 is 0 Å². The van der Waals surface area contributed by atoms with Crippen LogP contribution in [0.15, 0.2) is 17.2 Å². The lowest BCUT2D eigenvalue weighted by atomic mass is 10.1. The van der Waals surface area contributed by atoms with E-state index in [1.54, 1.807) is 0 Å². The van der Waals surface area contributed by atoms with Gasteiger partial charge in [-0.2, -0.15) is 0 Å². The summed E-state index contributed by atoms with van der Waals surface area (Å²) < 4.78 is 26.2. The summed E-state index contributed by atoms with van der Waals surface area (Å²) in [5.41, 5.74) is 14.0. The summed E-state index contributed by atoms with van der Waals surface area (Å²) in [4.78, 5) is 15.7. The minimum Gasteiger partial charge on any atom is -0.397 e. The molecule has 0 aromatic heterocycles. The fraction of sp³-hybridized carbons (Fsp3) is 0.364. The summed E-state index contributed by atoms with van der Waals surface area (Å²) in [5, 5.41) is 3.41. The number of nitrogens with two attached hydrogens (primary N) is 1. The Morgan fingerprint density at radius 3 is 2.84 bits per heavy atom. The van der Waals surface area contributed by atoms with E-state index in [0.717, 1.165) is 12.1 Å². The van der Waals surface area contributed by atoms with Gasteiger partial charge < -0.3 is 10.6 Å². The molecule has 1 aromatic carbocycles. The molecule has 0 radical (unpaired) electrons. The van der Waals surface area contributed by atoms with Gasteiger partial charge in [0, 0.05) is 36.6 Å². The molecule has 1 aliphatic rings. The van der Waals surface area contributed by atoms with E-state index in [-0.39, 0.29) is 42.7 Å². The molecule has 0 bridgehead atoms. The molecule has 1 fully saturated rings. The van der Waals surface area contributed by atoms with Gasteiger partial charge in [0.25, 0.3) is 0 Å². The van der Waals surface area contributed by atoms with Crippen molar-refractivity contribution < 1.29 is 13.6 Å². The minimum atomic E-state index is -1.06. The summed E-state index contributed by atoms with van der Waals surface area (Å²) in [6.07, 6.45) is 0.192. The zero-order valence-corrected chi connectivity index (χ0v) is 9.88. The van der Waals surface area contributed by atoms with Gasteiger partial charge in [-0.3, -0.25) is 4.79 Å². The van der Waals surface area contributed by atoms with Crippen molar-refractivity contribution in [3.63, 3.8) is 0 Å².